The fourth-order valence-corrected chi connectivity index (χ4v) is 3.95. The van der Waals surface area contributed by atoms with E-state index in [9.17, 15) is 14.4 Å². The number of benzene rings is 1. The third kappa shape index (κ3) is 4.21. The zero-order chi connectivity index (χ0) is 18.5. The standard InChI is InChI=1S/C21H26N2O3/c1-2-20(25)22-11-6-9-17(14-22)21(26)23-12-10-19(24)18(15-23)13-16-7-4-3-5-8-16/h2-5,7-8,17-18H,1,6,9-15H2. The Balaban J connectivity index is 1.63. The highest BCUT2D eigenvalue weighted by molar-refractivity contribution is 5.89. The van der Waals surface area contributed by atoms with Crippen LogP contribution in [0.1, 0.15) is 24.8 Å². The van der Waals surface area contributed by atoms with Crippen molar-refractivity contribution >= 4 is 17.6 Å². The SMILES string of the molecule is C=CC(=O)N1CCCC(C(=O)N2CCC(=O)C(Cc3ccccc3)C2)C1. The zero-order valence-corrected chi connectivity index (χ0v) is 15.1. The van der Waals surface area contributed by atoms with Crippen LogP contribution in [0.3, 0.4) is 0 Å². The number of hydrogen-bond acceptors (Lipinski definition) is 3. The van der Waals surface area contributed by atoms with E-state index < -0.39 is 0 Å². The van der Waals surface area contributed by atoms with Gasteiger partial charge < -0.3 is 9.80 Å². The lowest BCUT2D eigenvalue weighted by Crippen LogP contribution is -2.50. The molecule has 26 heavy (non-hydrogen) atoms. The maximum atomic E-state index is 13.0. The molecule has 0 spiro atoms. The molecule has 2 unspecified atom stereocenters. The molecule has 5 nitrogen and oxygen atoms in total. The van der Waals surface area contributed by atoms with Gasteiger partial charge in [-0.3, -0.25) is 14.4 Å². The van der Waals surface area contributed by atoms with Crippen LogP contribution in [0.25, 0.3) is 0 Å². The molecule has 0 radical (unpaired) electrons. The molecule has 2 atom stereocenters. The largest absolute Gasteiger partial charge is 0.341 e. The number of hydrogen-bond donors (Lipinski definition) is 0. The van der Waals surface area contributed by atoms with Gasteiger partial charge in [0.15, 0.2) is 0 Å². The summed E-state index contributed by atoms with van der Waals surface area (Å²) in [6, 6.07) is 9.95. The number of Topliss-reactive ketones (excluding diaryl/α,β-unsaturated/α-hetero) is 1. The van der Waals surface area contributed by atoms with Crippen molar-refractivity contribution in [3.05, 3.63) is 48.6 Å². The number of carbonyl (C=O) groups is 3. The Labute approximate surface area is 154 Å². The van der Waals surface area contributed by atoms with Crippen molar-refractivity contribution in [2.24, 2.45) is 11.8 Å². The lowest BCUT2D eigenvalue weighted by atomic mass is 9.88. The number of amides is 2. The van der Waals surface area contributed by atoms with Gasteiger partial charge in [-0.1, -0.05) is 36.9 Å². The number of likely N-dealkylation sites (tertiary alicyclic amines) is 2. The van der Waals surface area contributed by atoms with E-state index in [0.29, 0.717) is 39.0 Å². The van der Waals surface area contributed by atoms with Crippen molar-refractivity contribution in [1.29, 1.82) is 0 Å². The first-order valence-electron chi connectivity index (χ1n) is 9.35. The first-order chi connectivity index (χ1) is 12.6. The van der Waals surface area contributed by atoms with Gasteiger partial charge in [0.05, 0.1) is 5.92 Å². The van der Waals surface area contributed by atoms with E-state index in [1.54, 1.807) is 4.90 Å². The summed E-state index contributed by atoms with van der Waals surface area (Å²) in [5, 5.41) is 0. The number of rotatable bonds is 4. The minimum absolute atomic E-state index is 0.0807. The fourth-order valence-electron chi connectivity index (χ4n) is 3.95. The Hall–Kier alpha value is -2.43. The second kappa shape index (κ2) is 8.30. The molecule has 2 aliphatic rings. The van der Waals surface area contributed by atoms with Gasteiger partial charge in [0.25, 0.3) is 0 Å². The minimum Gasteiger partial charge on any atom is -0.341 e. The molecule has 2 fully saturated rings. The molecule has 2 amide bonds. The van der Waals surface area contributed by atoms with Crippen molar-refractivity contribution in [2.45, 2.75) is 25.7 Å². The Morgan fingerprint density at radius 1 is 1.12 bits per heavy atom. The summed E-state index contributed by atoms with van der Waals surface area (Å²) in [5.74, 6) is -0.0942. The number of nitrogens with zero attached hydrogens (tertiary/aromatic N) is 2. The van der Waals surface area contributed by atoms with E-state index in [-0.39, 0.29) is 29.4 Å². The van der Waals surface area contributed by atoms with E-state index in [4.69, 9.17) is 0 Å². The second-order valence-electron chi connectivity index (χ2n) is 7.21. The molecular weight excluding hydrogens is 328 g/mol. The lowest BCUT2D eigenvalue weighted by molar-refractivity contribution is -0.143. The van der Waals surface area contributed by atoms with Crippen LogP contribution < -0.4 is 0 Å². The van der Waals surface area contributed by atoms with Crippen LogP contribution >= 0.6 is 0 Å². The average Bonchev–Trinajstić information content (AvgIpc) is 2.69. The van der Waals surface area contributed by atoms with Crippen LogP contribution in [0.15, 0.2) is 43.0 Å². The Morgan fingerprint density at radius 2 is 1.88 bits per heavy atom. The van der Waals surface area contributed by atoms with Crippen LogP contribution in [-0.2, 0) is 20.8 Å². The van der Waals surface area contributed by atoms with E-state index in [2.05, 4.69) is 6.58 Å². The molecule has 0 aromatic heterocycles. The van der Waals surface area contributed by atoms with Crippen molar-refractivity contribution in [1.82, 2.24) is 9.80 Å². The van der Waals surface area contributed by atoms with E-state index in [1.165, 1.54) is 6.08 Å². The molecule has 138 valence electrons. The molecule has 2 aliphatic heterocycles. The van der Waals surface area contributed by atoms with Crippen LogP contribution in [0, 0.1) is 11.8 Å². The molecule has 2 saturated heterocycles. The average molecular weight is 354 g/mol. The molecule has 2 heterocycles. The molecule has 0 aliphatic carbocycles. The predicted octanol–water partition coefficient (Wildman–Crippen LogP) is 2.07. The van der Waals surface area contributed by atoms with E-state index in [0.717, 1.165) is 18.4 Å². The third-order valence-electron chi connectivity index (χ3n) is 5.42. The van der Waals surface area contributed by atoms with Gasteiger partial charge in [-0.25, -0.2) is 0 Å². The molecule has 3 rings (SSSR count). The molecule has 0 N–H and O–H groups in total. The molecule has 0 bridgehead atoms. The van der Waals surface area contributed by atoms with Crippen molar-refractivity contribution < 1.29 is 14.4 Å². The summed E-state index contributed by atoms with van der Waals surface area (Å²) in [6.45, 7) is 5.65. The van der Waals surface area contributed by atoms with Crippen LogP contribution in [0.2, 0.25) is 0 Å². The smallest absolute Gasteiger partial charge is 0.245 e. The van der Waals surface area contributed by atoms with Gasteiger partial charge in [-0.15, -0.1) is 0 Å². The summed E-state index contributed by atoms with van der Waals surface area (Å²) in [6.07, 6.45) is 4.03. The highest BCUT2D eigenvalue weighted by atomic mass is 16.2. The quantitative estimate of drug-likeness (QED) is 0.778. The van der Waals surface area contributed by atoms with Crippen LogP contribution in [-0.4, -0.2) is 53.6 Å². The molecule has 5 heteroatoms. The van der Waals surface area contributed by atoms with Crippen molar-refractivity contribution in [3.8, 4) is 0 Å². The topological polar surface area (TPSA) is 57.7 Å². The zero-order valence-electron chi connectivity index (χ0n) is 15.1. The summed E-state index contributed by atoms with van der Waals surface area (Å²) in [7, 11) is 0. The second-order valence-corrected chi connectivity index (χ2v) is 7.21. The minimum atomic E-state index is -0.168. The van der Waals surface area contributed by atoms with Gasteiger partial charge in [-0.05, 0) is 30.9 Å². The monoisotopic (exact) mass is 354 g/mol. The van der Waals surface area contributed by atoms with Gasteiger partial charge in [0.2, 0.25) is 11.8 Å². The highest BCUT2D eigenvalue weighted by Crippen LogP contribution is 2.24. The van der Waals surface area contributed by atoms with Gasteiger partial charge in [-0.2, -0.15) is 0 Å². The first-order valence-corrected chi connectivity index (χ1v) is 9.35. The predicted molar refractivity (Wildman–Crippen MR) is 99.3 cm³/mol. The summed E-state index contributed by atoms with van der Waals surface area (Å²) >= 11 is 0. The van der Waals surface area contributed by atoms with Gasteiger partial charge >= 0.3 is 0 Å². The Morgan fingerprint density at radius 3 is 2.62 bits per heavy atom. The fraction of sp³-hybridized carbons (Fsp3) is 0.476. The summed E-state index contributed by atoms with van der Waals surface area (Å²) in [4.78, 5) is 40.7. The highest BCUT2D eigenvalue weighted by Gasteiger charge is 2.35. The first kappa shape index (κ1) is 18.4. The third-order valence-corrected chi connectivity index (χ3v) is 5.42. The van der Waals surface area contributed by atoms with Crippen molar-refractivity contribution in [2.75, 3.05) is 26.2 Å². The molecule has 1 aromatic rings. The number of carbonyl (C=O) groups excluding carboxylic acids is 3. The van der Waals surface area contributed by atoms with Gasteiger partial charge in [0, 0.05) is 38.5 Å². The lowest BCUT2D eigenvalue weighted by Gasteiger charge is -2.37. The van der Waals surface area contributed by atoms with Crippen LogP contribution in [0.5, 0.6) is 0 Å². The molecular formula is C21H26N2O3. The summed E-state index contributed by atoms with van der Waals surface area (Å²) in [5.41, 5.74) is 1.13. The summed E-state index contributed by atoms with van der Waals surface area (Å²) < 4.78 is 0. The van der Waals surface area contributed by atoms with Crippen molar-refractivity contribution in [3.63, 3.8) is 0 Å². The Kier molecular flexibility index (Phi) is 5.86. The normalized spacial score (nSPS) is 23.6. The number of piperidine rings is 2. The maximum absolute atomic E-state index is 13.0. The van der Waals surface area contributed by atoms with Gasteiger partial charge in [0.1, 0.15) is 5.78 Å². The molecule has 0 saturated carbocycles. The Bertz CT molecular complexity index is 686. The maximum Gasteiger partial charge on any atom is 0.245 e. The van der Waals surface area contributed by atoms with E-state index >= 15 is 0 Å². The van der Waals surface area contributed by atoms with Crippen LogP contribution in [0.4, 0.5) is 0 Å². The van der Waals surface area contributed by atoms with E-state index in [1.807, 2.05) is 35.2 Å². The molecule has 1 aromatic carbocycles. The number of ketones is 1.